The Morgan fingerprint density at radius 2 is 2.04 bits per heavy atom. The largest absolute Gasteiger partial charge is 0.466 e. The molecular formula is C21H29N3O4. The lowest BCUT2D eigenvalue weighted by molar-refractivity contribution is -0.147. The molecule has 1 saturated heterocycles. The smallest absolute Gasteiger partial charge is 0.410 e. The highest BCUT2D eigenvalue weighted by molar-refractivity contribution is 5.71. The van der Waals surface area contributed by atoms with Gasteiger partial charge in [-0.2, -0.15) is 5.26 Å². The van der Waals surface area contributed by atoms with Gasteiger partial charge in [-0.1, -0.05) is 6.07 Å². The summed E-state index contributed by atoms with van der Waals surface area (Å²) in [5, 5.41) is 9.93. The van der Waals surface area contributed by atoms with Crippen LogP contribution in [0.15, 0.2) is 24.5 Å². The summed E-state index contributed by atoms with van der Waals surface area (Å²) in [6, 6.07) is 6.02. The van der Waals surface area contributed by atoms with Crippen molar-refractivity contribution in [3.8, 4) is 6.07 Å². The molecule has 7 nitrogen and oxygen atoms in total. The molecule has 2 heterocycles. The maximum absolute atomic E-state index is 12.4. The summed E-state index contributed by atoms with van der Waals surface area (Å²) in [4.78, 5) is 30.5. The molecule has 1 aromatic rings. The topological polar surface area (TPSA) is 92.5 Å². The van der Waals surface area contributed by atoms with Crippen LogP contribution in [-0.2, 0) is 14.3 Å². The van der Waals surface area contributed by atoms with Crippen molar-refractivity contribution in [1.82, 2.24) is 9.88 Å². The summed E-state index contributed by atoms with van der Waals surface area (Å²) < 4.78 is 10.6. The Balaban J connectivity index is 2.23. The molecule has 0 bridgehead atoms. The van der Waals surface area contributed by atoms with Crippen molar-refractivity contribution in [2.24, 2.45) is 5.41 Å². The van der Waals surface area contributed by atoms with Crippen molar-refractivity contribution >= 4 is 12.1 Å². The zero-order valence-corrected chi connectivity index (χ0v) is 17.1. The van der Waals surface area contributed by atoms with Crippen LogP contribution in [0, 0.1) is 16.7 Å². The van der Waals surface area contributed by atoms with Crippen molar-refractivity contribution in [3.05, 3.63) is 30.1 Å². The molecule has 1 aromatic heterocycles. The molecule has 0 saturated carbocycles. The maximum Gasteiger partial charge on any atom is 0.410 e. The summed E-state index contributed by atoms with van der Waals surface area (Å²) >= 11 is 0. The Bertz CT molecular complexity index is 713. The van der Waals surface area contributed by atoms with Gasteiger partial charge in [0.25, 0.3) is 0 Å². The summed E-state index contributed by atoms with van der Waals surface area (Å²) in [5.41, 5.74) is -0.399. The molecule has 0 radical (unpaired) electrons. The average molecular weight is 387 g/mol. The van der Waals surface area contributed by atoms with Crippen LogP contribution in [0.5, 0.6) is 0 Å². The number of hydrogen-bond acceptors (Lipinski definition) is 6. The second-order valence-electron chi connectivity index (χ2n) is 8.16. The first kappa shape index (κ1) is 21.7. The monoisotopic (exact) mass is 387 g/mol. The number of pyridine rings is 1. The number of piperidine rings is 1. The van der Waals surface area contributed by atoms with Crippen molar-refractivity contribution < 1.29 is 19.1 Å². The number of hydrogen-bond donors (Lipinski definition) is 0. The second-order valence-corrected chi connectivity index (χ2v) is 8.16. The molecule has 1 unspecified atom stereocenters. The molecule has 1 fully saturated rings. The fourth-order valence-electron chi connectivity index (χ4n) is 3.64. The molecule has 7 heteroatoms. The van der Waals surface area contributed by atoms with Crippen LogP contribution in [0.3, 0.4) is 0 Å². The van der Waals surface area contributed by atoms with Crippen LogP contribution in [0.1, 0.15) is 58.4 Å². The van der Waals surface area contributed by atoms with Gasteiger partial charge in [0.15, 0.2) is 0 Å². The minimum Gasteiger partial charge on any atom is -0.466 e. The fraction of sp³-hybridized carbons (Fsp3) is 0.619. The minimum absolute atomic E-state index is 0.135. The summed E-state index contributed by atoms with van der Waals surface area (Å²) in [6.07, 6.45) is 4.11. The second kappa shape index (κ2) is 9.05. The molecule has 0 spiro atoms. The molecule has 152 valence electrons. The zero-order valence-electron chi connectivity index (χ0n) is 17.1. The van der Waals surface area contributed by atoms with Crippen molar-refractivity contribution in [2.75, 3.05) is 19.7 Å². The van der Waals surface area contributed by atoms with E-state index in [9.17, 15) is 14.9 Å². The van der Waals surface area contributed by atoms with Gasteiger partial charge in [0.2, 0.25) is 0 Å². The van der Waals surface area contributed by atoms with E-state index in [2.05, 4.69) is 11.1 Å². The van der Waals surface area contributed by atoms with Crippen LogP contribution < -0.4 is 0 Å². The van der Waals surface area contributed by atoms with Crippen LogP contribution in [0.2, 0.25) is 0 Å². The quantitative estimate of drug-likeness (QED) is 0.716. The third-order valence-corrected chi connectivity index (χ3v) is 4.97. The van der Waals surface area contributed by atoms with Gasteiger partial charge in [-0.05, 0) is 52.2 Å². The predicted octanol–water partition coefficient (Wildman–Crippen LogP) is 3.66. The van der Waals surface area contributed by atoms with E-state index in [1.54, 1.807) is 30.3 Å². The molecule has 1 atom stereocenters. The molecule has 1 aliphatic heterocycles. The lowest BCUT2D eigenvalue weighted by Gasteiger charge is -2.44. The third kappa shape index (κ3) is 5.44. The highest BCUT2D eigenvalue weighted by atomic mass is 16.6. The standard InChI is InChI=1S/C21H29N3O4/c1-5-27-18(25)13-21(17(14-22)16-7-6-10-23-15-16)8-11-24(12-9-21)19(26)28-20(2,3)4/h6-7,10,15,17H,5,8-9,11-13H2,1-4H3. The number of amides is 1. The van der Waals surface area contributed by atoms with Crippen LogP contribution in [0.4, 0.5) is 4.79 Å². The van der Waals surface area contributed by atoms with Crippen molar-refractivity contribution in [2.45, 2.75) is 58.5 Å². The Labute approximate surface area is 166 Å². The normalized spacial score (nSPS) is 17.3. The number of carbonyl (C=O) groups excluding carboxylic acids is 2. The van der Waals surface area contributed by atoms with Crippen LogP contribution in [-0.4, -0.2) is 47.2 Å². The molecular weight excluding hydrogens is 358 g/mol. The van der Waals surface area contributed by atoms with E-state index in [-0.39, 0.29) is 18.5 Å². The Morgan fingerprint density at radius 3 is 2.54 bits per heavy atom. The fourth-order valence-corrected chi connectivity index (χ4v) is 3.64. The molecule has 0 aromatic carbocycles. The third-order valence-electron chi connectivity index (χ3n) is 4.97. The van der Waals surface area contributed by atoms with E-state index >= 15 is 0 Å². The summed E-state index contributed by atoms with van der Waals surface area (Å²) in [5.74, 6) is -0.830. The van der Waals surface area contributed by atoms with E-state index in [0.29, 0.717) is 32.5 Å². The SMILES string of the molecule is CCOC(=O)CC1(C(C#N)c2cccnc2)CCN(C(=O)OC(C)(C)C)CC1. The van der Waals surface area contributed by atoms with Crippen molar-refractivity contribution in [1.29, 1.82) is 5.26 Å². The number of ether oxygens (including phenoxy) is 2. The number of nitriles is 1. The molecule has 2 rings (SSSR count). The van der Waals surface area contributed by atoms with Gasteiger partial charge in [0, 0.05) is 30.9 Å². The van der Waals surface area contributed by atoms with E-state index in [0.717, 1.165) is 5.56 Å². The highest BCUT2D eigenvalue weighted by Crippen LogP contribution is 2.47. The van der Waals surface area contributed by atoms with E-state index in [1.807, 2.05) is 26.8 Å². The maximum atomic E-state index is 12.4. The van der Waals surface area contributed by atoms with Gasteiger partial charge >= 0.3 is 12.1 Å². The Kier molecular flexibility index (Phi) is 7.00. The first-order valence-electron chi connectivity index (χ1n) is 9.64. The Morgan fingerprint density at radius 1 is 1.36 bits per heavy atom. The highest BCUT2D eigenvalue weighted by Gasteiger charge is 2.45. The summed E-state index contributed by atoms with van der Waals surface area (Å²) in [6.45, 7) is 8.39. The van der Waals surface area contributed by atoms with Gasteiger partial charge in [-0.25, -0.2) is 4.79 Å². The van der Waals surface area contributed by atoms with Gasteiger partial charge in [0.05, 0.1) is 25.0 Å². The molecule has 1 aliphatic rings. The lowest BCUT2D eigenvalue weighted by atomic mass is 9.65. The minimum atomic E-state index is -0.609. The zero-order chi connectivity index (χ0) is 20.8. The van der Waals surface area contributed by atoms with E-state index in [1.165, 1.54) is 0 Å². The average Bonchev–Trinajstić information content (AvgIpc) is 2.62. The van der Waals surface area contributed by atoms with Gasteiger partial charge in [-0.3, -0.25) is 9.78 Å². The van der Waals surface area contributed by atoms with E-state index < -0.39 is 16.9 Å². The van der Waals surface area contributed by atoms with Gasteiger partial charge in [0.1, 0.15) is 5.60 Å². The number of likely N-dealkylation sites (tertiary alicyclic amines) is 1. The Hall–Kier alpha value is -2.62. The summed E-state index contributed by atoms with van der Waals surface area (Å²) in [7, 11) is 0. The number of esters is 1. The van der Waals surface area contributed by atoms with Gasteiger partial charge in [-0.15, -0.1) is 0 Å². The predicted molar refractivity (Wildman–Crippen MR) is 103 cm³/mol. The molecule has 0 aliphatic carbocycles. The van der Waals surface area contributed by atoms with Crippen LogP contribution >= 0.6 is 0 Å². The molecule has 1 amide bonds. The number of rotatable bonds is 5. The number of nitrogens with zero attached hydrogens (tertiary/aromatic N) is 3. The van der Waals surface area contributed by atoms with E-state index in [4.69, 9.17) is 9.47 Å². The first-order valence-corrected chi connectivity index (χ1v) is 9.64. The molecule has 28 heavy (non-hydrogen) atoms. The van der Waals surface area contributed by atoms with Gasteiger partial charge < -0.3 is 14.4 Å². The first-order chi connectivity index (χ1) is 13.2. The molecule has 0 N–H and O–H groups in total. The number of aromatic nitrogens is 1. The van der Waals surface area contributed by atoms with Crippen LogP contribution in [0.25, 0.3) is 0 Å². The van der Waals surface area contributed by atoms with Crippen molar-refractivity contribution in [3.63, 3.8) is 0 Å². The lowest BCUT2D eigenvalue weighted by Crippen LogP contribution is -2.47. The number of carbonyl (C=O) groups is 2.